The summed E-state index contributed by atoms with van der Waals surface area (Å²) in [5.41, 5.74) is 3.85. The van der Waals surface area contributed by atoms with Gasteiger partial charge < -0.3 is 10.8 Å². The molecule has 0 heterocycles. The largest absolute Gasteiger partial charge is 0.388 e. The van der Waals surface area contributed by atoms with E-state index in [1.165, 1.54) is 0 Å². The second-order valence-corrected chi connectivity index (χ2v) is 5.93. The average Bonchev–Trinajstić information content (AvgIpc) is 2.26. The van der Waals surface area contributed by atoms with Crippen molar-refractivity contribution in [1.82, 2.24) is 0 Å². The molecule has 2 fully saturated rings. The van der Waals surface area contributed by atoms with Crippen LogP contribution < -0.4 is 5.73 Å². The molecule has 2 aliphatic carbocycles. The van der Waals surface area contributed by atoms with Gasteiger partial charge in [-0.05, 0) is 25.2 Å². The molecule has 2 rings (SSSR count). The van der Waals surface area contributed by atoms with Crippen molar-refractivity contribution in [1.29, 1.82) is 0 Å². The van der Waals surface area contributed by atoms with Gasteiger partial charge in [-0.25, -0.2) is 8.78 Å². The molecule has 2 saturated carbocycles. The van der Waals surface area contributed by atoms with Crippen molar-refractivity contribution >= 4 is 0 Å². The molecule has 16 heavy (non-hydrogen) atoms. The summed E-state index contributed by atoms with van der Waals surface area (Å²) in [5.74, 6) is -2.10. The molecule has 0 aromatic heterocycles. The summed E-state index contributed by atoms with van der Waals surface area (Å²) in [6, 6.07) is 0. The fourth-order valence-corrected chi connectivity index (χ4v) is 3.20. The normalized spacial score (nSPS) is 42.2. The van der Waals surface area contributed by atoms with E-state index >= 15 is 0 Å². The predicted octanol–water partition coefficient (Wildman–Crippen LogP) is 2.44. The quantitative estimate of drug-likeness (QED) is 0.683. The summed E-state index contributed by atoms with van der Waals surface area (Å²) in [6.07, 6.45) is 3.28. The molecule has 2 unspecified atom stereocenters. The molecule has 0 radical (unpaired) electrons. The van der Waals surface area contributed by atoms with Gasteiger partial charge in [-0.3, -0.25) is 0 Å². The van der Waals surface area contributed by atoms with Crippen LogP contribution in [0.15, 0.2) is 0 Å². The van der Waals surface area contributed by atoms with Gasteiger partial charge in [-0.2, -0.15) is 0 Å². The highest BCUT2D eigenvalue weighted by atomic mass is 19.3. The van der Waals surface area contributed by atoms with E-state index in [4.69, 9.17) is 5.73 Å². The maximum absolute atomic E-state index is 12.9. The van der Waals surface area contributed by atoms with Gasteiger partial charge >= 0.3 is 0 Å². The first-order valence-electron chi connectivity index (χ1n) is 6.16. The van der Waals surface area contributed by atoms with Crippen LogP contribution >= 0.6 is 0 Å². The number of aliphatic hydroxyl groups is 1. The summed E-state index contributed by atoms with van der Waals surface area (Å²) in [5, 5.41) is 10.5. The molecule has 0 aromatic rings. The summed E-state index contributed by atoms with van der Waals surface area (Å²) in [4.78, 5) is 0. The van der Waals surface area contributed by atoms with Crippen LogP contribution in [0.1, 0.15) is 51.9 Å². The Balaban J connectivity index is 2.07. The zero-order valence-corrected chi connectivity index (χ0v) is 9.81. The third-order valence-electron chi connectivity index (χ3n) is 4.41. The number of alkyl halides is 2. The van der Waals surface area contributed by atoms with E-state index in [9.17, 15) is 13.9 Å². The van der Waals surface area contributed by atoms with Crippen LogP contribution in [0, 0.1) is 5.92 Å². The highest BCUT2D eigenvalue weighted by Gasteiger charge is 2.63. The average molecular weight is 233 g/mol. The molecular weight excluding hydrogens is 212 g/mol. The molecule has 4 heteroatoms. The Bertz CT molecular complexity index is 274. The van der Waals surface area contributed by atoms with Gasteiger partial charge in [-0.15, -0.1) is 0 Å². The third kappa shape index (κ3) is 1.97. The highest BCUT2D eigenvalue weighted by Crippen LogP contribution is 2.53. The van der Waals surface area contributed by atoms with E-state index in [2.05, 4.69) is 6.92 Å². The van der Waals surface area contributed by atoms with Crippen LogP contribution in [0.4, 0.5) is 8.78 Å². The molecule has 3 N–H and O–H groups in total. The molecule has 2 atom stereocenters. The van der Waals surface area contributed by atoms with E-state index in [1.807, 2.05) is 0 Å². The summed E-state index contributed by atoms with van der Waals surface area (Å²) >= 11 is 0. The molecule has 0 aliphatic heterocycles. The summed E-state index contributed by atoms with van der Waals surface area (Å²) in [6.45, 7) is 2.14. The lowest BCUT2D eigenvalue weighted by Gasteiger charge is -2.54. The highest BCUT2D eigenvalue weighted by molar-refractivity contribution is 5.15. The van der Waals surface area contributed by atoms with Gasteiger partial charge in [-0.1, -0.05) is 19.8 Å². The SMILES string of the molecule is CC1CCCC(O)(C2(N)CC(F)(F)C2)CC1. The van der Waals surface area contributed by atoms with Crippen LogP contribution in [-0.2, 0) is 0 Å². The van der Waals surface area contributed by atoms with Crippen molar-refractivity contribution in [3.63, 3.8) is 0 Å². The van der Waals surface area contributed by atoms with Crippen molar-refractivity contribution in [2.45, 2.75) is 68.9 Å². The Morgan fingerprint density at radius 1 is 1.19 bits per heavy atom. The van der Waals surface area contributed by atoms with E-state index in [0.717, 1.165) is 19.3 Å². The first-order valence-corrected chi connectivity index (χ1v) is 6.16. The van der Waals surface area contributed by atoms with Crippen LogP contribution in [0.5, 0.6) is 0 Å². The molecule has 2 aliphatic rings. The number of hydrogen-bond donors (Lipinski definition) is 2. The summed E-state index contributed by atoms with van der Waals surface area (Å²) < 4.78 is 25.9. The van der Waals surface area contributed by atoms with Crippen molar-refractivity contribution in [3.8, 4) is 0 Å². The molecule has 0 aromatic carbocycles. The van der Waals surface area contributed by atoms with Gasteiger partial charge in [0.1, 0.15) is 0 Å². The summed E-state index contributed by atoms with van der Waals surface area (Å²) in [7, 11) is 0. The van der Waals surface area contributed by atoms with E-state index in [1.54, 1.807) is 0 Å². The molecule has 0 spiro atoms. The lowest BCUT2D eigenvalue weighted by molar-refractivity contribution is -0.194. The maximum atomic E-state index is 12.9. The number of nitrogens with two attached hydrogens (primary N) is 1. The Morgan fingerprint density at radius 3 is 2.38 bits per heavy atom. The Hall–Kier alpha value is -0.220. The van der Waals surface area contributed by atoms with Gasteiger partial charge in [0.15, 0.2) is 0 Å². The number of rotatable bonds is 1. The Morgan fingerprint density at radius 2 is 1.81 bits per heavy atom. The zero-order valence-electron chi connectivity index (χ0n) is 9.81. The second kappa shape index (κ2) is 3.64. The first-order chi connectivity index (χ1) is 7.27. The number of hydrogen-bond acceptors (Lipinski definition) is 2. The van der Waals surface area contributed by atoms with E-state index in [-0.39, 0.29) is 12.8 Å². The first kappa shape index (κ1) is 12.2. The lowest BCUT2D eigenvalue weighted by atomic mass is 9.61. The fourth-order valence-electron chi connectivity index (χ4n) is 3.20. The minimum Gasteiger partial charge on any atom is -0.388 e. The van der Waals surface area contributed by atoms with Crippen molar-refractivity contribution in [2.75, 3.05) is 0 Å². The van der Waals surface area contributed by atoms with Crippen LogP contribution in [-0.4, -0.2) is 22.2 Å². The van der Waals surface area contributed by atoms with E-state index < -0.39 is 17.1 Å². The fraction of sp³-hybridized carbons (Fsp3) is 1.00. The lowest BCUT2D eigenvalue weighted by Crippen LogP contribution is -2.71. The van der Waals surface area contributed by atoms with Crippen molar-refractivity contribution in [2.24, 2.45) is 11.7 Å². The second-order valence-electron chi connectivity index (χ2n) is 5.93. The maximum Gasteiger partial charge on any atom is 0.251 e. The Kier molecular flexibility index (Phi) is 2.78. The van der Waals surface area contributed by atoms with Crippen LogP contribution in [0.3, 0.4) is 0 Å². The molecule has 94 valence electrons. The molecule has 0 saturated heterocycles. The van der Waals surface area contributed by atoms with Gasteiger partial charge in [0.25, 0.3) is 5.92 Å². The minimum absolute atomic E-state index is 0.356. The number of halogens is 2. The molecule has 0 bridgehead atoms. The monoisotopic (exact) mass is 233 g/mol. The minimum atomic E-state index is -2.66. The smallest absolute Gasteiger partial charge is 0.251 e. The molecule has 2 nitrogen and oxygen atoms in total. The third-order valence-corrected chi connectivity index (χ3v) is 4.41. The van der Waals surface area contributed by atoms with Crippen LogP contribution in [0.2, 0.25) is 0 Å². The topological polar surface area (TPSA) is 46.2 Å². The van der Waals surface area contributed by atoms with Gasteiger partial charge in [0.05, 0.1) is 11.1 Å². The standard InChI is InChI=1S/C12H21F2NO/c1-9-3-2-5-11(16,6-4-9)10(15)7-12(13,14)8-10/h9,16H,2-8,15H2,1H3. The van der Waals surface area contributed by atoms with E-state index in [0.29, 0.717) is 18.8 Å². The predicted molar refractivity (Wildman–Crippen MR) is 58.3 cm³/mol. The van der Waals surface area contributed by atoms with Gasteiger partial charge in [0.2, 0.25) is 0 Å². The zero-order chi connectivity index (χ0) is 12.0. The van der Waals surface area contributed by atoms with Crippen molar-refractivity contribution in [3.05, 3.63) is 0 Å². The van der Waals surface area contributed by atoms with Gasteiger partial charge in [0, 0.05) is 12.8 Å². The molecular formula is C12H21F2NO. The molecule has 0 amide bonds. The Labute approximate surface area is 95.2 Å². The van der Waals surface area contributed by atoms with Crippen molar-refractivity contribution < 1.29 is 13.9 Å². The van der Waals surface area contributed by atoms with Crippen LogP contribution in [0.25, 0.3) is 0 Å².